The van der Waals surface area contributed by atoms with Crippen molar-refractivity contribution < 1.29 is 8.78 Å². The van der Waals surface area contributed by atoms with Crippen molar-refractivity contribution in [2.75, 3.05) is 5.43 Å². The van der Waals surface area contributed by atoms with Crippen LogP contribution in [0.5, 0.6) is 0 Å². The molecule has 0 spiro atoms. The minimum atomic E-state index is -0.723. The summed E-state index contributed by atoms with van der Waals surface area (Å²) in [5, 5.41) is 3.84. The molecule has 0 aliphatic rings. The lowest BCUT2D eigenvalue weighted by molar-refractivity contribution is 0.585. The van der Waals surface area contributed by atoms with Crippen LogP contribution in [0, 0.1) is 11.6 Å². The molecule has 0 saturated carbocycles. The molecule has 0 aliphatic heterocycles. The van der Waals surface area contributed by atoms with Crippen molar-refractivity contribution in [1.82, 2.24) is 0 Å². The molecule has 0 radical (unpaired) electrons. The number of rotatable bonds is 3. The molecule has 92 valence electrons. The summed E-state index contributed by atoms with van der Waals surface area (Å²) in [5.41, 5.74) is 8.95. The van der Waals surface area contributed by atoms with Gasteiger partial charge in [0.05, 0.1) is 5.69 Å². The summed E-state index contributed by atoms with van der Waals surface area (Å²) in [7, 11) is 0. The van der Waals surface area contributed by atoms with Gasteiger partial charge in [0.1, 0.15) is 5.82 Å². The van der Waals surface area contributed by atoms with Gasteiger partial charge >= 0.3 is 0 Å². The van der Waals surface area contributed by atoms with Crippen LogP contribution in [-0.2, 0) is 0 Å². The van der Waals surface area contributed by atoms with Crippen molar-refractivity contribution in [2.24, 2.45) is 10.8 Å². The van der Waals surface area contributed by atoms with E-state index in [1.165, 1.54) is 6.07 Å². The molecule has 3 nitrogen and oxygen atoms in total. The first-order chi connectivity index (χ1) is 8.66. The lowest BCUT2D eigenvalue weighted by atomic mass is 10.2. The Morgan fingerprint density at radius 1 is 1.06 bits per heavy atom. The molecule has 0 aromatic heterocycles. The maximum atomic E-state index is 13.3. The van der Waals surface area contributed by atoms with Gasteiger partial charge in [0.2, 0.25) is 0 Å². The van der Waals surface area contributed by atoms with Crippen LogP contribution in [0.1, 0.15) is 5.56 Å². The number of nitrogens with one attached hydrogen (secondary N) is 1. The Morgan fingerprint density at radius 3 is 2.44 bits per heavy atom. The van der Waals surface area contributed by atoms with Crippen LogP contribution in [-0.4, -0.2) is 5.84 Å². The van der Waals surface area contributed by atoms with Crippen LogP contribution >= 0.6 is 0 Å². The molecular formula is C13H11F2N3. The second kappa shape index (κ2) is 5.27. The molecule has 3 N–H and O–H groups in total. The van der Waals surface area contributed by atoms with Gasteiger partial charge in [-0.2, -0.15) is 5.10 Å². The molecular weight excluding hydrogens is 236 g/mol. The average molecular weight is 247 g/mol. The Morgan fingerprint density at radius 2 is 1.78 bits per heavy atom. The highest BCUT2D eigenvalue weighted by Gasteiger charge is 2.03. The van der Waals surface area contributed by atoms with E-state index in [2.05, 4.69) is 10.5 Å². The lowest BCUT2D eigenvalue weighted by Crippen LogP contribution is -2.15. The quantitative estimate of drug-likeness (QED) is 0.497. The van der Waals surface area contributed by atoms with Crippen molar-refractivity contribution in [3.63, 3.8) is 0 Å². The molecule has 2 aromatic rings. The number of nitrogens with two attached hydrogens (primary N) is 1. The first-order valence-electron chi connectivity index (χ1n) is 5.26. The SMILES string of the molecule is N/C(=N/Nc1ccc(F)cc1F)c1ccccc1. The molecule has 0 atom stereocenters. The topological polar surface area (TPSA) is 50.4 Å². The predicted molar refractivity (Wildman–Crippen MR) is 67.1 cm³/mol. The summed E-state index contributed by atoms with van der Waals surface area (Å²) in [4.78, 5) is 0. The average Bonchev–Trinajstić information content (AvgIpc) is 2.38. The number of hydrogen-bond donors (Lipinski definition) is 2. The molecule has 0 aliphatic carbocycles. The summed E-state index contributed by atoms with van der Waals surface area (Å²) in [6.07, 6.45) is 0. The first-order valence-corrected chi connectivity index (χ1v) is 5.26. The monoisotopic (exact) mass is 247 g/mol. The van der Waals surface area contributed by atoms with E-state index >= 15 is 0 Å². The predicted octanol–water partition coefficient (Wildman–Crippen LogP) is 2.70. The number of nitrogens with zero attached hydrogens (tertiary/aromatic N) is 1. The summed E-state index contributed by atoms with van der Waals surface area (Å²) in [5.74, 6) is -1.14. The van der Waals surface area contributed by atoms with E-state index < -0.39 is 11.6 Å². The van der Waals surface area contributed by atoms with Crippen LogP contribution in [0.2, 0.25) is 0 Å². The fourth-order valence-electron chi connectivity index (χ4n) is 1.37. The highest BCUT2D eigenvalue weighted by molar-refractivity contribution is 5.97. The number of amidine groups is 1. The molecule has 0 bridgehead atoms. The third-order valence-corrected chi connectivity index (χ3v) is 2.30. The molecule has 0 heterocycles. The number of anilines is 1. The van der Waals surface area contributed by atoms with Gasteiger partial charge in [-0.15, -0.1) is 0 Å². The third kappa shape index (κ3) is 2.82. The Balaban J connectivity index is 2.15. The number of hydrazone groups is 1. The van der Waals surface area contributed by atoms with Gasteiger partial charge < -0.3 is 5.73 Å². The minimum absolute atomic E-state index is 0.0651. The second-order valence-electron chi connectivity index (χ2n) is 3.60. The fraction of sp³-hybridized carbons (Fsp3) is 0. The van der Waals surface area contributed by atoms with Crippen LogP contribution < -0.4 is 11.2 Å². The highest BCUT2D eigenvalue weighted by Crippen LogP contribution is 2.14. The van der Waals surface area contributed by atoms with E-state index in [1.807, 2.05) is 18.2 Å². The smallest absolute Gasteiger partial charge is 0.151 e. The Hall–Kier alpha value is -2.43. The second-order valence-corrected chi connectivity index (χ2v) is 3.60. The lowest BCUT2D eigenvalue weighted by Gasteiger charge is -2.04. The maximum absolute atomic E-state index is 13.3. The van der Waals surface area contributed by atoms with Gasteiger partial charge in [0.15, 0.2) is 11.7 Å². The molecule has 0 saturated heterocycles. The molecule has 0 amide bonds. The van der Waals surface area contributed by atoms with E-state index in [-0.39, 0.29) is 11.5 Å². The molecule has 2 rings (SSSR count). The maximum Gasteiger partial charge on any atom is 0.151 e. The van der Waals surface area contributed by atoms with E-state index in [9.17, 15) is 8.78 Å². The minimum Gasteiger partial charge on any atom is -0.382 e. The highest BCUT2D eigenvalue weighted by atomic mass is 19.1. The van der Waals surface area contributed by atoms with Crippen molar-refractivity contribution in [2.45, 2.75) is 0 Å². The normalized spacial score (nSPS) is 11.3. The molecule has 18 heavy (non-hydrogen) atoms. The van der Waals surface area contributed by atoms with E-state index in [1.54, 1.807) is 12.1 Å². The van der Waals surface area contributed by atoms with E-state index in [0.29, 0.717) is 5.56 Å². The molecule has 2 aromatic carbocycles. The van der Waals surface area contributed by atoms with Gasteiger partial charge in [-0.1, -0.05) is 30.3 Å². The van der Waals surface area contributed by atoms with Gasteiger partial charge in [-0.25, -0.2) is 8.78 Å². The summed E-state index contributed by atoms with van der Waals surface area (Å²) in [6, 6.07) is 12.2. The van der Waals surface area contributed by atoms with Crippen LogP contribution in [0.4, 0.5) is 14.5 Å². The zero-order valence-corrected chi connectivity index (χ0v) is 9.40. The van der Waals surface area contributed by atoms with Crippen LogP contribution in [0.25, 0.3) is 0 Å². The fourth-order valence-corrected chi connectivity index (χ4v) is 1.37. The van der Waals surface area contributed by atoms with Gasteiger partial charge in [-0.05, 0) is 12.1 Å². The van der Waals surface area contributed by atoms with Crippen LogP contribution in [0.15, 0.2) is 53.6 Å². The standard InChI is InChI=1S/C13H11F2N3/c14-10-6-7-12(11(15)8-10)17-18-13(16)9-4-2-1-3-5-9/h1-8,17H,(H2,16,18). The largest absolute Gasteiger partial charge is 0.382 e. The Labute approximate surface area is 103 Å². The van der Waals surface area contributed by atoms with Gasteiger partial charge in [0.25, 0.3) is 0 Å². The van der Waals surface area contributed by atoms with Crippen molar-refractivity contribution >= 4 is 11.5 Å². The first kappa shape index (κ1) is 12.0. The van der Waals surface area contributed by atoms with E-state index in [0.717, 1.165) is 12.1 Å². The van der Waals surface area contributed by atoms with Gasteiger partial charge in [0, 0.05) is 11.6 Å². The number of halogens is 2. The van der Waals surface area contributed by atoms with Crippen molar-refractivity contribution in [3.8, 4) is 0 Å². The molecule has 0 fully saturated rings. The Bertz CT molecular complexity index is 568. The Kier molecular flexibility index (Phi) is 3.52. The zero-order chi connectivity index (χ0) is 13.0. The summed E-state index contributed by atoms with van der Waals surface area (Å²) < 4.78 is 26.0. The summed E-state index contributed by atoms with van der Waals surface area (Å²) >= 11 is 0. The van der Waals surface area contributed by atoms with E-state index in [4.69, 9.17) is 5.73 Å². The third-order valence-electron chi connectivity index (χ3n) is 2.30. The zero-order valence-electron chi connectivity index (χ0n) is 9.40. The van der Waals surface area contributed by atoms with Gasteiger partial charge in [-0.3, -0.25) is 5.43 Å². The van der Waals surface area contributed by atoms with Crippen molar-refractivity contribution in [3.05, 3.63) is 65.7 Å². The molecule has 5 heteroatoms. The number of hydrogen-bond acceptors (Lipinski definition) is 2. The van der Waals surface area contributed by atoms with Crippen molar-refractivity contribution in [1.29, 1.82) is 0 Å². The molecule has 0 unspecified atom stereocenters. The number of benzene rings is 2. The summed E-state index contributed by atoms with van der Waals surface area (Å²) in [6.45, 7) is 0. The van der Waals surface area contributed by atoms with Crippen LogP contribution in [0.3, 0.4) is 0 Å².